The monoisotopic (exact) mass is 200 g/mol. The second kappa shape index (κ2) is 3.59. The van der Waals surface area contributed by atoms with Crippen molar-refractivity contribution < 1.29 is 19.4 Å². The third-order valence-electron chi connectivity index (χ3n) is 2.30. The van der Waals surface area contributed by atoms with Crippen LogP contribution in [0.4, 0.5) is 0 Å². The number of carboxylic acids is 1. The van der Waals surface area contributed by atoms with Gasteiger partial charge in [0, 0.05) is 0 Å². The summed E-state index contributed by atoms with van der Waals surface area (Å²) in [6.07, 6.45) is 1.21. The van der Waals surface area contributed by atoms with Crippen molar-refractivity contribution in [3.63, 3.8) is 0 Å². The summed E-state index contributed by atoms with van der Waals surface area (Å²) >= 11 is 0. The first-order valence-corrected chi connectivity index (χ1v) is 4.77. The summed E-state index contributed by atoms with van der Waals surface area (Å²) in [6, 6.07) is 0. The highest BCUT2D eigenvalue weighted by Crippen LogP contribution is 2.36. The molecule has 0 aromatic carbocycles. The number of ether oxygens (including phenoxy) is 1. The molecule has 1 fully saturated rings. The molecule has 0 radical (unpaired) electrons. The maximum atomic E-state index is 11.5. The molecule has 14 heavy (non-hydrogen) atoms. The fraction of sp³-hybridized carbons (Fsp3) is 0.800. The molecule has 0 aromatic rings. The molecule has 0 bridgehead atoms. The summed E-state index contributed by atoms with van der Waals surface area (Å²) < 4.78 is 5.12. The maximum absolute atomic E-state index is 11.5. The molecule has 0 spiro atoms. The van der Waals surface area contributed by atoms with E-state index in [1.54, 1.807) is 20.8 Å². The SMILES string of the molecule is CC(C)(C)OC(=O)[C@H]1CC[C@@H]1C(=O)O. The smallest absolute Gasteiger partial charge is 0.310 e. The number of hydrogen-bond donors (Lipinski definition) is 1. The molecule has 0 unspecified atom stereocenters. The molecule has 2 atom stereocenters. The van der Waals surface area contributed by atoms with Gasteiger partial charge in [0.05, 0.1) is 11.8 Å². The first-order chi connectivity index (χ1) is 6.31. The number of hydrogen-bond acceptors (Lipinski definition) is 3. The van der Waals surface area contributed by atoms with E-state index in [1.165, 1.54) is 0 Å². The van der Waals surface area contributed by atoms with E-state index in [2.05, 4.69) is 0 Å². The average Bonchev–Trinajstić information content (AvgIpc) is 1.75. The lowest BCUT2D eigenvalue weighted by Gasteiger charge is -2.33. The van der Waals surface area contributed by atoms with E-state index >= 15 is 0 Å². The van der Waals surface area contributed by atoms with Gasteiger partial charge in [0.1, 0.15) is 5.60 Å². The van der Waals surface area contributed by atoms with Crippen LogP contribution in [0.1, 0.15) is 33.6 Å². The molecule has 0 aromatic heterocycles. The summed E-state index contributed by atoms with van der Waals surface area (Å²) in [4.78, 5) is 22.1. The van der Waals surface area contributed by atoms with E-state index in [-0.39, 0.29) is 5.97 Å². The quantitative estimate of drug-likeness (QED) is 0.685. The van der Waals surface area contributed by atoms with Gasteiger partial charge in [-0.2, -0.15) is 0 Å². The summed E-state index contributed by atoms with van der Waals surface area (Å²) in [7, 11) is 0. The molecule has 4 heteroatoms. The molecule has 1 N–H and O–H groups in total. The van der Waals surface area contributed by atoms with Gasteiger partial charge in [0.15, 0.2) is 0 Å². The lowest BCUT2D eigenvalue weighted by molar-refractivity contribution is -0.172. The molecule has 1 aliphatic carbocycles. The van der Waals surface area contributed by atoms with Crippen LogP contribution in [-0.2, 0) is 14.3 Å². The van der Waals surface area contributed by atoms with E-state index in [4.69, 9.17) is 9.84 Å². The Morgan fingerprint density at radius 1 is 1.21 bits per heavy atom. The highest BCUT2D eigenvalue weighted by molar-refractivity contribution is 5.83. The number of carboxylic acid groups (broad SMARTS) is 1. The number of carbonyl (C=O) groups is 2. The predicted octanol–water partition coefficient (Wildman–Crippen LogP) is 1.44. The molecule has 1 saturated carbocycles. The van der Waals surface area contributed by atoms with Gasteiger partial charge in [0.25, 0.3) is 0 Å². The van der Waals surface area contributed by atoms with Crippen molar-refractivity contribution in [3.05, 3.63) is 0 Å². The first-order valence-electron chi connectivity index (χ1n) is 4.77. The van der Waals surface area contributed by atoms with Crippen LogP contribution < -0.4 is 0 Å². The van der Waals surface area contributed by atoms with E-state index in [0.717, 1.165) is 0 Å². The van der Waals surface area contributed by atoms with Crippen molar-refractivity contribution in [2.75, 3.05) is 0 Å². The van der Waals surface area contributed by atoms with Crippen LogP contribution in [0.5, 0.6) is 0 Å². The highest BCUT2D eigenvalue weighted by atomic mass is 16.6. The zero-order chi connectivity index (χ0) is 10.9. The fourth-order valence-electron chi connectivity index (χ4n) is 1.46. The molecule has 0 amide bonds. The number of aliphatic carboxylic acids is 1. The van der Waals surface area contributed by atoms with Gasteiger partial charge in [-0.05, 0) is 33.6 Å². The van der Waals surface area contributed by atoms with Crippen molar-refractivity contribution >= 4 is 11.9 Å². The van der Waals surface area contributed by atoms with Gasteiger partial charge < -0.3 is 9.84 Å². The largest absolute Gasteiger partial charge is 0.481 e. The lowest BCUT2D eigenvalue weighted by Crippen LogP contribution is -2.41. The van der Waals surface area contributed by atoms with E-state index < -0.39 is 23.4 Å². The molecular formula is C10H16O4. The Kier molecular flexibility index (Phi) is 2.83. The van der Waals surface area contributed by atoms with Crippen molar-refractivity contribution in [2.45, 2.75) is 39.2 Å². The summed E-state index contributed by atoms with van der Waals surface area (Å²) in [5.41, 5.74) is -0.532. The second-order valence-corrected chi connectivity index (χ2v) is 4.66. The molecule has 1 aliphatic rings. The van der Waals surface area contributed by atoms with Crippen LogP contribution in [0.15, 0.2) is 0 Å². The summed E-state index contributed by atoms with van der Waals surface area (Å²) in [5.74, 6) is -2.25. The fourth-order valence-corrected chi connectivity index (χ4v) is 1.46. The van der Waals surface area contributed by atoms with Gasteiger partial charge in [-0.1, -0.05) is 0 Å². The standard InChI is InChI=1S/C10H16O4/c1-10(2,3)14-9(13)7-5-4-6(7)8(11)12/h6-7H,4-5H2,1-3H3,(H,11,12)/t6-,7-/m0/s1. The van der Waals surface area contributed by atoms with Crippen LogP contribution >= 0.6 is 0 Å². The van der Waals surface area contributed by atoms with Crippen LogP contribution in [-0.4, -0.2) is 22.6 Å². The van der Waals surface area contributed by atoms with Gasteiger partial charge in [0.2, 0.25) is 0 Å². The van der Waals surface area contributed by atoms with E-state index in [1.807, 2.05) is 0 Å². The van der Waals surface area contributed by atoms with Crippen LogP contribution in [0.25, 0.3) is 0 Å². The average molecular weight is 200 g/mol. The number of esters is 1. The van der Waals surface area contributed by atoms with Gasteiger partial charge >= 0.3 is 11.9 Å². The van der Waals surface area contributed by atoms with Crippen molar-refractivity contribution in [3.8, 4) is 0 Å². The third-order valence-corrected chi connectivity index (χ3v) is 2.30. The Morgan fingerprint density at radius 2 is 1.71 bits per heavy atom. The Labute approximate surface area is 83.2 Å². The lowest BCUT2D eigenvalue weighted by atomic mass is 9.73. The van der Waals surface area contributed by atoms with Gasteiger partial charge in [-0.3, -0.25) is 9.59 Å². The summed E-state index contributed by atoms with van der Waals surface area (Å²) in [5, 5.41) is 8.74. The molecular weight excluding hydrogens is 184 g/mol. The Balaban J connectivity index is 2.51. The first kappa shape index (κ1) is 11.0. The van der Waals surface area contributed by atoms with Crippen LogP contribution in [0.2, 0.25) is 0 Å². The molecule has 0 aliphatic heterocycles. The van der Waals surface area contributed by atoms with Crippen molar-refractivity contribution in [1.82, 2.24) is 0 Å². The normalized spacial score (nSPS) is 26.5. The Hall–Kier alpha value is -1.06. The highest BCUT2D eigenvalue weighted by Gasteiger charge is 2.43. The number of rotatable bonds is 2. The van der Waals surface area contributed by atoms with Gasteiger partial charge in [-0.15, -0.1) is 0 Å². The minimum atomic E-state index is -0.896. The van der Waals surface area contributed by atoms with Crippen LogP contribution in [0.3, 0.4) is 0 Å². The Bertz CT molecular complexity index is 251. The molecule has 0 heterocycles. The number of carbonyl (C=O) groups excluding carboxylic acids is 1. The Morgan fingerprint density at radius 3 is 2.00 bits per heavy atom. The van der Waals surface area contributed by atoms with Crippen LogP contribution in [0, 0.1) is 11.8 Å². The van der Waals surface area contributed by atoms with Crippen molar-refractivity contribution in [1.29, 1.82) is 0 Å². The zero-order valence-electron chi connectivity index (χ0n) is 8.74. The predicted molar refractivity (Wildman–Crippen MR) is 49.7 cm³/mol. The van der Waals surface area contributed by atoms with Gasteiger partial charge in [-0.25, -0.2) is 0 Å². The van der Waals surface area contributed by atoms with E-state index in [0.29, 0.717) is 12.8 Å². The second-order valence-electron chi connectivity index (χ2n) is 4.66. The zero-order valence-corrected chi connectivity index (χ0v) is 8.74. The third kappa shape index (κ3) is 2.47. The maximum Gasteiger partial charge on any atom is 0.310 e. The molecule has 0 saturated heterocycles. The topological polar surface area (TPSA) is 63.6 Å². The van der Waals surface area contributed by atoms with E-state index in [9.17, 15) is 9.59 Å². The molecule has 4 nitrogen and oxygen atoms in total. The summed E-state index contributed by atoms with van der Waals surface area (Å²) in [6.45, 7) is 5.33. The molecule has 80 valence electrons. The minimum Gasteiger partial charge on any atom is -0.481 e. The van der Waals surface area contributed by atoms with Crippen molar-refractivity contribution in [2.24, 2.45) is 11.8 Å². The molecule has 1 rings (SSSR count). The minimum absolute atomic E-state index is 0.379.